The summed E-state index contributed by atoms with van der Waals surface area (Å²) < 4.78 is 0.619. The van der Waals surface area contributed by atoms with Crippen molar-refractivity contribution in [1.29, 1.82) is 0 Å². The van der Waals surface area contributed by atoms with E-state index in [0.29, 0.717) is 16.1 Å². The molecule has 1 aromatic rings. The van der Waals surface area contributed by atoms with Crippen LogP contribution >= 0.6 is 15.9 Å². The Bertz CT molecular complexity index is 449. The van der Waals surface area contributed by atoms with Gasteiger partial charge in [0.05, 0.1) is 5.56 Å². The normalized spacial score (nSPS) is 12.5. The lowest BCUT2D eigenvalue weighted by molar-refractivity contribution is 0.0696. The second kappa shape index (κ2) is 6.91. The molecular weight excluding hydrogens is 308 g/mol. The predicted octanol–water partition coefficient (Wildman–Crippen LogP) is 2.92. The molecule has 5 heteroatoms. The van der Waals surface area contributed by atoms with Crippen molar-refractivity contribution in [3.63, 3.8) is 0 Å². The van der Waals surface area contributed by atoms with E-state index in [4.69, 9.17) is 5.11 Å². The van der Waals surface area contributed by atoms with E-state index in [-0.39, 0.29) is 0 Å². The molecule has 1 N–H and O–H groups in total. The maximum Gasteiger partial charge on any atom is 0.336 e. The Balaban J connectivity index is 2.99. The van der Waals surface area contributed by atoms with Crippen LogP contribution in [0.3, 0.4) is 0 Å². The van der Waals surface area contributed by atoms with E-state index in [2.05, 4.69) is 39.6 Å². The zero-order valence-corrected chi connectivity index (χ0v) is 13.4. The number of anilines is 1. The van der Waals surface area contributed by atoms with Crippen LogP contribution < -0.4 is 4.90 Å². The van der Waals surface area contributed by atoms with Crippen molar-refractivity contribution in [2.24, 2.45) is 0 Å². The summed E-state index contributed by atoms with van der Waals surface area (Å²) in [5.74, 6) is -0.914. The molecule has 1 atom stereocenters. The average Bonchev–Trinajstić information content (AvgIpc) is 2.28. The van der Waals surface area contributed by atoms with Crippen LogP contribution in [0.2, 0.25) is 0 Å². The first-order chi connectivity index (χ1) is 8.86. The maximum absolute atomic E-state index is 11.0. The largest absolute Gasteiger partial charge is 0.478 e. The van der Waals surface area contributed by atoms with E-state index in [0.717, 1.165) is 18.8 Å². The zero-order chi connectivity index (χ0) is 14.6. The molecule has 0 aliphatic rings. The van der Waals surface area contributed by atoms with Gasteiger partial charge in [0, 0.05) is 29.3 Å². The van der Waals surface area contributed by atoms with Gasteiger partial charge in [0.15, 0.2) is 0 Å². The zero-order valence-electron chi connectivity index (χ0n) is 11.9. The van der Waals surface area contributed by atoms with Gasteiger partial charge in [-0.15, -0.1) is 0 Å². The minimum Gasteiger partial charge on any atom is -0.478 e. The number of rotatable bonds is 6. The summed E-state index contributed by atoms with van der Waals surface area (Å²) >= 11 is 3.33. The van der Waals surface area contributed by atoms with E-state index >= 15 is 0 Å². The van der Waals surface area contributed by atoms with E-state index < -0.39 is 5.97 Å². The van der Waals surface area contributed by atoms with Crippen LogP contribution in [0.15, 0.2) is 22.7 Å². The van der Waals surface area contributed by atoms with Gasteiger partial charge in [0.25, 0.3) is 0 Å². The maximum atomic E-state index is 11.0. The molecule has 0 amide bonds. The first kappa shape index (κ1) is 16.0. The standard InChI is InChI=1S/C14H21BrN2O2/c1-5-17(10(2)9-16(3)4)11-6-7-12(14(18)19)13(15)8-11/h6-8,10H,5,9H2,1-4H3,(H,18,19). The number of likely N-dealkylation sites (N-methyl/N-ethyl adjacent to an activating group) is 2. The summed E-state index contributed by atoms with van der Waals surface area (Å²) in [4.78, 5) is 15.4. The lowest BCUT2D eigenvalue weighted by Gasteiger charge is -2.32. The summed E-state index contributed by atoms with van der Waals surface area (Å²) in [6.07, 6.45) is 0. The molecule has 19 heavy (non-hydrogen) atoms. The van der Waals surface area contributed by atoms with Gasteiger partial charge < -0.3 is 14.9 Å². The van der Waals surface area contributed by atoms with Gasteiger partial charge >= 0.3 is 5.97 Å². The SMILES string of the molecule is CCN(c1ccc(C(=O)O)c(Br)c1)C(C)CN(C)C. The lowest BCUT2D eigenvalue weighted by Crippen LogP contribution is -2.40. The van der Waals surface area contributed by atoms with Gasteiger partial charge in [-0.25, -0.2) is 4.79 Å². The third-order valence-corrected chi connectivity index (χ3v) is 3.67. The molecule has 0 saturated heterocycles. The molecule has 0 fully saturated rings. The Hall–Kier alpha value is -1.07. The van der Waals surface area contributed by atoms with Gasteiger partial charge in [-0.05, 0) is 62.1 Å². The van der Waals surface area contributed by atoms with E-state index in [1.807, 2.05) is 26.2 Å². The quantitative estimate of drug-likeness (QED) is 0.872. The summed E-state index contributed by atoms with van der Waals surface area (Å²) in [6.45, 7) is 6.10. The van der Waals surface area contributed by atoms with Gasteiger partial charge in [-0.1, -0.05) is 0 Å². The molecular formula is C14H21BrN2O2. The molecule has 0 spiro atoms. The van der Waals surface area contributed by atoms with Crippen LogP contribution in [0.1, 0.15) is 24.2 Å². The topological polar surface area (TPSA) is 43.8 Å². The lowest BCUT2D eigenvalue weighted by atomic mass is 10.1. The number of aromatic carboxylic acids is 1. The summed E-state index contributed by atoms with van der Waals surface area (Å²) in [5, 5.41) is 9.03. The molecule has 1 rings (SSSR count). The van der Waals surface area contributed by atoms with E-state index in [1.165, 1.54) is 0 Å². The van der Waals surface area contributed by atoms with Crippen LogP contribution in [-0.4, -0.2) is 49.2 Å². The van der Waals surface area contributed by atoms with Crippen molar-refractivity contribution in [2.75, 3.05) is 32.1 Å². The fourth-order valence-corrected chi connectivity index (χ4v) is 2.77. The highest BCUT2D eigenvalue weighted by Gasteiger charge is 2.16. The molecule has 0 bridgehead atoms. The highest BCUT2D eigenvalue weighted by Crippen LogP contribution is 2.25. The molecule has 0 aliphatic heterocycles. The Morgan fingerprint density at radius 1 is 1.42 bits per heavy atom. The Labute approximate surface area is 123 Å². The summed E-state index contributed by atoms with van der Waals surface area (Å²) in [7, 11) is 4.10. The molecule has 0 aliphatic carbocycles. The number of carboxylic acid groups (broad SMARTS) is 1. The first-order valence-electron chi connectivity index (χ1n) is 6.31. The summed E-state index contributed by atoms with van der Waals surface area (Å²) in [6, 6.07) is 5.75. The minimum atomic E-state index is -0.914. The van der Waals surface area contributed by atoms with E-state index in [1.54, 1.807) is 6.07 Å². The van der Waals surface area contributed by atoms with Gasteiger partial charge in [-0.2, -0.15) is 0 Å². The third kappa shape index (κ3) is 4.21. The number of nitrogens with zero attached hydrogens (tertiary/aromatic N) is 2. The molecule has 4 nitrogen and oxygen atoms in total. The molecule has 0 radical (unpaired) electrons. The van der Waals surface area contributed by atoms with Gasteiger partial charge in [0.2, 0.25) is 0 Å². The van der Waals surface area contributed by atoms with Crippen molar-refractivity contribution >= 4 is 27.6 Å². The molecule has 0 heterocycles. The van der Waals surface area contributed by atoms with Crippen molar-refractivity contribution < 1.29 is 9.90 Å². The third-order valence-electron chi connectivity index (χ3n) is 3.02. The Morgan fingerprint density at radius 3 is 2.47 bits per heavy atom. The van der Waals surface area contributed by atoms with Crippen molar-refractivity contribution in [3.8, 4) is 0 Å². The van der Waals surface area contributed by atoms with Crippen LogP contribution in [0.5, 0.6) is 0 Å². The highest BCUT2D eigenvalue weighted by molar-refractivity contribution is 9.10. The monoisotopic (exact) mass is 328 g/mol. The fourth-order valence-electron chi connectivity index (χ4n) is 2.23. The molecule has 1 aromatic carbocycles. The molecule has 106 valence electrons. The average molecular weight is 329 g/mol. The second-order valence-corrected chi connectivity index (χ2v) is 5.72. The first-order valence-corrected chi connectivity index (χ1v) is 7.10. The second-order valence-electron chi connectivity index (χ2n) is 4.87. The van der Waals surface area contributed by atoms with E-state index in [9.17, 15) is 4.79 Å². The van der Waals surface area contributed by atoms with Crippen molar-refractivity contribution in [3.05, 3.63) is 28.2 Å². The molecule has 1 unspecified atom stereocenters. The molecule has 0 aromatic heterocycles. The van der Waals surface area contributed by atoms with Crippen LogP contribution in [0.4, 0.5) is 5.69 Å². The molecule has 0 saturated carbocycles. The Morgan fingerprint density at radius 2 is 2.05 bits per heavy atom. The number of hydrogen-bond acceptors (Lipinski definition) is 3. The van der Waals surface area contributed by atoms with Crippen LogP contribution in [0, 0.1) is 0 Å². The highest BCUT2D eigenvalue weighted by atomic mass is 79.9. The minimum absolute atomic E-state index is 0.292. The fraction of sp³-hybridized carbons (Fsp3) is 0.500. The Kier molecular flexibility index (Phi) is 5.82. The number of halogens is 1. The number of benzene rings is 1. The number of carboxylic acids is 1. The van der Waals surface area contributed by atoms with Gasteiger partial charge in [-0.3, -0.25) is 0 Å². The van der Waals surface area contributed by atoms with Crippen LogP contribution in [-0.2, 0) is 0 Å². The van der Waals surface area contributed by atoms with Crippen molar-refractivity contribution in [2.45, 2.75) is 19.9 Å². The van der Waals surface area contributed by atoms with Crippen LogP contribution in [0.25, 0.3) is 0 Å². The predicted molar refractivity (Wildman–Crippen MR) is 82.1 cm³/mol. The number of hydrogen-bond donors (Lipinski definition) is 1. The smallest absolute Gasteiger partial charge is 0.336 e. The van der Waals surface area contributed by atoms with Gasteiger partial charge in [0.1, 0.15) is 0 Å². The van der Waals surface area contributed by atoms with Crippen molar-refractivity contribution in [1.82, 2.24) is 4.90 Å². The number of carbonyl (C=O) groups is 1. The summed E-state index contributed by atoms with van der Waals surface area (Å²) in [5.41, 5.74) is 1.33.